The van der Waals surface area contributed by atoms with Crippen molar-refractivity contribution in [3.05, 3.63) is 70.8 Å². The molecule has 2 N–H and O–H groups in total. The van der Waals surface area contributed by atoms with Gasteiger partial charge in [-0.1, -0.05) is 52.0 Å². The van der Waals surface area contributed by atoms with Crippen LogP contribution in [0.2, 0.25) is 0 Å². The molecule has 2 aromatic rings. The van der Waals surface area contributed by atoms with Gasteiger partial charge in [-0.25, -0.2) is 0 Å². The maximum atomic E-state index is 14.1. The molecule has 4 rings (SSSR count). The van der Waals surface area contributed by atoms with E-state index < -0.39 is 65.6 Å². The second-order valence-electron chi connectivity index (χ2n) is 12.8. The van der Waals surface area contributed by atoms with Crippen LogP contribution in [0, 0.1) is 11.8 Å². The summed E-state index contributed by atoms with van der Waals surface area (Å²) in [7, 11) is 0. The highest BCUT2D eigenvalue weighted by Crippen LogP contribution is 2.38. The van der Waals surface area contributed by atoms with Gasteiger partial charge < -0.3 is 25.2 Å². The van der Waals surface area contributed by atoms with E-state index in [0.29, 0.717) is 43.0 Å². The van der Waals surface area contributed by atoms with E-state index in [1.165, 1.54) is 38.1 Å². The Morgan fingerprint density at radius 3 is 1.88 bits per heavy atom. The third-order valence-corrected chi connectivity index (χ3v) is 8.66. The summed E-state index contributed by atoms with van der Waals surface area (Å²) in [6, 6.07) is 7.88. The van der Waals surface area contributed by atoms with Gasteiger partial charge in [0, 0.05) is 37.2 Å². The van der Waals surface area contributed by atoms with Crippen molar-refractivity contribution in [3.8, 4) is 0 Å². The third-order valence-electron chi connectivity index (χ3n) is 8.66. The molecule has 0 aromatic heterocycles. The van der Waals surface area contributed by atoms with Crippen LogP contribution < -0.4 is 10.6 Å². The molecule has 2 heterocycles. The number of carbonyl (C=O) groups is 5. The number of morpholine rings is 1. The first kappa shape index (κ1) is 37.4. The second-order valence-corrected chi connectivity index (χ2v) is 12.8. The second kappa shape index (κ2) is 15.0. The van der Waals surface area contributed by atoms with Crippen molar-refractivity contribution in [2.75, 3.05) is 26.3 Å². The molecule has 0 radical (unpaired) electrons. The van der Waals surface area contributed by atoms with E-state index in [4.69, 9.17) is 4.74 Å². The SMILES string of the molecule is CC(C)C(NC(=O)[C@@H]1Cc2ccccc2CN1C(=O)[C@@H](NC(=O)c1ccc(C(=O)N2CCOCC2)cc1)C(C)C)C(=O)C(F)(F)C(F)(F)F. The van der Waals surface area contributed by atoms with Gasteiger partial charge in [-0.3, -0.25) is 24.0 Å². The summed E-state index contributed by atoms with van der Waals surface area (Å²) in [5, 5.41) is 4.75. The maximum absolute atomic E-state index is 14.1. The zero-order valence-corrected chi connectivity index (χ0v) is 27.5. The van der Waals surface area contributed by atoms with Crippen molar-refractivity contribution < 1.29 is 50.7 Å². The van der Waals surface area contributed by atoms with Crippen molar-refractivity contribution in [3.63, 3.8) is 0 Å². The standard InChI is InChI=1S/C34H39F5N4O6/c1-19(2)26(28(44)33(35,36)34(37,38)39)40-30(46)25-17-23-7-5-6-8-24(23)18-43(25)32(48)27(20(3)4)41-29(45)21-9-11-22(12-10-21)31(47)42-13-15-49-16-14-42/h5-12,19-20,25-27H,13-18H2,1-4H3,(H,40,46)(H,41,45)/t25-,26?,27-/m0/s1. The number of ketones is 1. The van der Waals surface area contributed by atoms with Crippen molar-refractivity contribution in [1.82, 2.24) is 20.4 Å². The van der Waals surface area contributed by atoms with Gasteiger partial charge in [-0.05, 0) is 47.2 Å². The number of rotatable bonds is 10. The maximum Gasteiger partial charge on any atom is 0.461 e. The largest absolute Gasteiger partial charge is 0.461 e. The topological polar surface area (TPSA) is 125 Å². The van der Waals surface area contributed by atoms with Crippen LogP contribution in [-0.4, -0.2) is 95.7 Å². The number of fused-ring (bicyclic) bond motifs is 1. The highest BCUT2D eigenvalue weighted by Gasteiger charge is 2.65. The first-order valence-corrected chi connectivity index (χ1v) is 15.9. The number of hydrogen-bond donors (Lipinski definition) is 2. The number of nitrogens with zero attached hydrogens (tertiary/aromatic N) is 2. The van der Waals surface area contributed by atoms with E-state index in [2.05, 4.69) is 10.6 Å². The van der Waals surface area contributed by atoms with Gasteiger partial charge in [0.25, 0.3) is 11.8 Å². The van der Waals surface area contributed by atoms with Crippen molar-refractivity contribution in [1.29, 1.82) is 0 Å². The molecular formula is C34H39F5N4O6. The highest BCUT2D eigenvalue weighted by atomic mass is 19.4. The van der Waals surface area contributed by atoms with Gasteiger partial charge in [0.1, 0.15) is 12.1 Å². The van der Waals surface area contributed by atoms with Gasteiger partial charge in [0.2, 0.25) is 17.6 Å². The van der Waals surface area contributed by atoms with E-state index in [9.17, 15) is 45.9 Å². The molecule has 0 spiro atoms. The molecule has 15 heteroatoms. The predicted octanol–water partition coefficient (Wildman–Crippen LogP) is 3.77. The molecule has 0 aliphatic carbocycles. The van der Waals surface area contributed by atoms with Crippen LogP contribution in [0.25, 0.3) is 0 Å². The average molecular weight is 695 g/mol. The summed E-state index contributed by atoms with van der Waals surface area (Å²) in [4.78, 5) is 69.1. The lowest BCUT2D eigenvalue weighted by Crippen LogP contribution is -2.62. The lowest BCUT2D eigenvalue weighted by Gasteiger charge is -2.39. The van der Waals surface area contributed by atoms with Gasteiger partial charge in [0.05, 0.1) is 19.3 Å². The minimum Gasteiger partial charge on any atom is -0.378 e. The normalized spacial score (nSPS) is 18.1. The predicted molar refractivity (Wildman–Crippen MR) is 167 cm³/mol. The van der Waals surface area contributed by atoms with E-state index in [1.54, 1.807) is 43.0 Å². The van der Waals surface area contributed by atoms with Crippen molar-refractivity contribution in [2.24, 2.45) is 11.8 Å². The molecule has 2 aliphatic rings. The minimum absolute atomic E-state index is 0.125. The molecule has 1 saturated heterocycles. The van der Waals surface area contributed by atoms with E-state index in [-0.39, 0.29) is 24.4 Å². The van der Waals surface area contributed by atoms with Crippen LogP contribution in [-0.2, 0) is 32.1 Å². The first-order valence-electron chi connectivity index (χ1n) is 15.9. The quantitative estimate of drug-likeness (QED) is 0.365. The molecule has 10 nitrogen and oxygen atoms in total. The molecule has 3 atom stereocenters. The number of amides is 4. The highest BCUT2D eigenvalue weighted by molar-refractivity contribution is 6.01. The number of ether oxygens (including phenoxy) is 1. The van der Waals surface area contributed by atoms with E-state index in [0.717, 1.165) is 4.90 Å². The van der Waals surface area contributed by atoms with Crippen LogP contribution in [0.1, 0.15) is 59.5 Å². The Morgan fingerprint density at radius 1 is 0.776 bits per heavy atom. The fourth-order valence-corrected chi connectivity index (χ4v) is 5.74. The molecule has 0 bridgehead atoms. The van der Waals surface area contributed by atoms with Crippen LogP contribution in [0.15, 0.2) is 48.5 Å². The Labute approximate surface area is 280 Å². The van der Waals surface area contributed by atoms with Crippen LogP contribution in [0.3, 0.4) is 0 Å². The van der Waals surface area contributed by atoms with Crippen LogP contribution in [0.4, 0.5) is 22.0 Å². The summed E-state index contributed by atoms with van der Waals surface area (Å²) in [5.41, 5.74) is 1.81. The van der Waals surface area contributed by atoms with Gasteiger partial charge in [0.15, 0.2) is 0 Å². The average Bonchev–Trinajstić information content (AvgIpc) is 3.07. The van der Waals surface area contributed by atoms with Crippen molar-refractivity contribution in [2.45, 2.75) is 70.9 Å². The fourth-order valence-electron chi connectivity index (χ4n) is 5.74. The number of hydrogen-bond acceptors (Lipinski definition) is 6. The summed E-state index contributed by atoms with van der Waals surface area (Å²) in [6.45, 7) is 7.33. The summed E-state index contributed by atoms with van der Waals surface area (Å²) < 4.78 is 72.6. The van der Waals surface area contributed by atoms with Gasteiger partial charge >= 0.3 is 12.1 Å². The molecule has 4 amide bonds. The number of Topliss-reactive ketones (excluding diaryl/α,β-unsaturated/α-hetero) is 1. The zero-order valence-electron chi connectivity index (χ0n) is 27.5. The summed E-state index contributed by atoms with van der Waals surface area (Å²) >= 11 is 0. The third kappa shape index (κ3) is 8.26. The van der Waals surface area contributed by atoms with Gasteiger partial charge in [-0.15, -0.1) is 0 Å². The number of alkyl halides is 5. The minimum atomic E-state index is -6.17. The zero-order chi connectivity index (χ0) is 36.3. The number of halogens is 5. The molecule has 0 saturated carbocycles. The van der Waals surface area contributed by atoms with Crippen LogP contribution in [0.5, 0.6) is 0 Å². The molecule has 49 heavy (non-hydrogen) atoms. The Hall–Kier alpha value is -4.40. The Morgan fingerprint density at radius 2 is 1.33 bits per heavy atom. The van der Waals surface area contributed by atoms with Crippen LogP contribution >= 0.6 is 0 Å². The number of benzene rings is 2. The van der Waals surface area contributed by atoms with E-state index >= 15 is 0 Å². The molecule has 1 unspecified atom stereocenters. The Bertz CT molecular complexity index is 1560. The Balaban J connectivity index is 1.57. The molecule has 266 valence electrons. The smallest absolute Gasteiger partial charge is 0.378 e. The molecule has 2 aromatic carbocycles. The van der Waals surface area contributed by atoms with E-state index in [1.807, 2.05) is 0 Å². The lowest BCUT2D eigenvalue weighted by atomic mass is 9.90. The van der Waals surface area contributed by atoms with Crippen molar-refractivity contribution >= 4 is 29.4 Å². The van der Waals surface area contributed by atoms with Gasteiger partial charge in [-0.2, -0.15) is 22.0 Å². The lowest BCUT2D eigenvalue weighted by molar-refractivity contribution is -0.270. The number of carbonyl (C=O) groups excluding carboxylic acids is 5. The first-order chi connectivity index (χ1) is 22.9. The number of nitrogens with one attached hydrogen (secondary N) is 2. The summed E-state index contributed by atoms with van der Waals surface area (Å²) in [5.74, 6) is -12.6. The molecular weight excluding hydrogens is 655 g/mol. The molecule has 1 fully saturated rings. The Kier molecular flexibility index (Phi) is 11.5. The monoisotopic (exact) mass is 694 g/mol. The summed E-state index contributed by atoms with van der Waals surface area (Å²) in [6.07, 6.45) is -6.30. The fraction of sp³-hybridized carbons (Fsp3) is 0.500. The molecule has 2 aliphatic heterocycles.